The maximum atomic E-state index is 9.51. The molecule has 0 saturated carbocycles. The molecule has 6 heteroatoms. The van der Waals surface area contributed by atoms with Crippen molar-refractivity contribution in [2.75, 3.05) is 31.1 Å². The SMILES string of the molecule is Cc1cccc(-n2nc(C#N)c(N3CCN(Cc4ccccc4)CC3)n2)c1. The number of aromatic nitrogens is 3. The molecule has 1 aliphatic heterocycles. The van der Waals surface area contributed by atoms with Crippen molar-refractivity contribution in [3.8, 4) is 11.8 Å². The molecule has 136 valence electrons. The van der Waals surface area contributed by atoms with Gasteiger partial charge in [0.1, 0.15) is 6.07 Å². The minimum atomic E-state index is 0.382. The highest BCUT2D eigenvalue weighted by atomic mass is 15.5. The first kappa shape index (κ1) is 17.3. The van der Waals surface area contributed by atoms with E-state index in [1.54, 1.807) is 4.80 Å². The van der Waals surface area contributed by atoms with Gasteiger partial charge in [-0.2, -0.15) is 5.26 Å². The smallest absolute Gasteiger partial charge is 0.207 e. The van der Waals surface area contributed by atoms with Gasteiger partial charge in [0.05, 0.1) is 5.69 Å². The maximum Gasteiger partial charge on any atom is 0.207 e. The topological polar surface area (TPSA) is 61.0 Å². The highest BCUT2D eigenvalue weighted by Crippen LogP contribution is 2.20. The summed E-state index contributed by atoms with van der Waals surface area (Å²) in [7, 11) is 0. The molecule has 1 saturated heterocycles. The van der Waals surface area contributed by atoms with Crippen LogP contribution in [0.5, 0.6) is 0 Å². The van der Waals surface area contributed by atoms with Crippen molar-refractivity contribution in [1.82, 2.24) is 19.9 Å². The van der Waals surface area contributed by atoms with E-state index in [1.165, 1.54) is 5.56 Å². The van der Waals surface area contributed by atoms with Gasteiger partial charge in [0.2, 0.25) is 5.69 Å². The quantitative estimate of drug-likeness (QED) is 0.718. The molecule has 0 unspecified atom stereocenters. The van der Waals surface area contributed by atoms with Gasteiger partial charge >= 0.3 is 0 Å². The van der Waals surface area contributed by atoms with Crippen LogP contribution in [0.2, 0.25) is 0 Å². The first-order valence-corrected chi connectivity index (χ1v) is 9.18. The van der Waals surface area contributed by atoms with Gasteiger partial charge in [0, 0.05) is 32.7 Å². The van der Waals surface area contributed by atoms with Crippen molar-refractivity contribution >= 4 is 5.82 Å². The molecule has 1 fully saturated rings. The summed E-state index contributed by atoms with van der Waals surface area (Å²) in [6.07, 6.45) is 0. The Labute approximate surface area is 159 Å². The van der Waals surface area contributed by atoms with Gasteiger partial charge in [-0.05, 0) is 30.2 Å². The zero-order valence-corrected chi connectivity index (χ0v) is 15.4. The first-order chi connectivity index (χ1) is 13.2. The monoisotopic (exact) mass is 358 g/mol. The summed E-state index contributed by atoms with van der Waals surface area (Å²) in [5.41, 5.74) is 3.72. The highest BCUT2D eigenvalue weighted by molar-refractivity contribution is 5.50. The Morgan fingerprint density at radius 3 is 2.44 bits per heavy atom. The normalized spacial score (nSPS) is 14.9. The van der Waals surface area contributed by atoms with Gasteiger partial charge < -0.3 is 4.90 Å². The first-order valence-electron chi connectivity index (χ1n) is 9.18. The van der Waals surface area contributed by atoms with Crippen molar-refractivity contribution in [1.29, 1.82) is 5.26 Å². The van der Waals surface area contributed by atoms with Gasteiger partial charge in [-0.3, -0.25) is 4.90 Å². The summed E-state index contributed by atoms with van der Waals surface area (Å²) in [6, 6.07) is 20.7. The van der Waals surface area contributed by atoms with Crippen molar-refractivity contribution in [3.05, 3.63) is 71.4 Å². The minimum Gasteiger partial charge on any atom is -0.350 e. The van der Waals surface area contributed by atoms with E-state index in [4.69, 9.17) is 0 Å². The number of hydrogen-bond donors (Lipinski definition) is 0. The summed E-state index contributed by atoms with van der Waals surface area (Å²) in [4.78, 5) is 6.17. The molecule has 1 aliphatic rings. The molecular weight excluding hydrogens is 336 g/mol. The Kier molecular flexibility index (Phi) is 4.86. The summed E-state index contributed by atoms with van der Waals surface area (Å²) < 4.78 is 0. The number of nitriles is 1. The van der Waals surface area contributed by atoms with Crippen LogP contribution in [-0.2, 0) is 6.54 Å². The fourth-order valence-corrected chi connectivity index (χ4v) is 3.41. The molecule has 2 heterocycles. The molecular formula is C21H22N6. The molecule has 2 aromatic carbocycles. The Hall–Kier alpha value is -3.17. The van der Waals surface area contributed by atoms with Gasteiger partial charge in [-0.25, -0.2) is 0 Å². The maximum absolute atomic E-state index is 9.51. The van der Waals surface area contributed by atoms with Gasteiger partial charge in [-0.15, -0.1) is 15.0 Å². The molecule has 0 radical (unpaired) electrons. The highest BCUT2D eigenvalue weighted by Gasteiger charge is 2.23. The zero-order valence-electron chi connectivity index (χ0n) is 15.4. The van der Waals surface area contributed by atoms with E-state index in [0.717, 1.165) is 44.0 Å². The van der Waals surface area contributed by atoms with Crippen molar-refractivity contribution in [3.63, 3.8) is 0 Å². The molecule has 0 aliphatic carbocycles. The van der Waals surface area contributed by atoms with E-state index in [9.17, 15) is 5.26 Å². The predicted molar refractivity (Wildman–Crippen MR) is 105 cm³/mol. The standard InChI is InChI=1S/C21H22N6/c1-17-6-5-9-19(14-17)27-23-20(15-22)21(24-27)26-12-10-25(11-13-26)16-18-7-3-2-4-8-18/h2-9,14H,10-13,16H2,1H3. The lowest BCUT2D eigenvalue weighted by atomic mass is 10.2. The van der Waals surface area contributed by atoms with Crippen molar-refractivity contribution in [2.45, 2.75) is 13.5 Å². The fourth-order valence-electron chi connectivity index (χ4n) is 3.41. The lowest BCUT2D eigenvalue weighted by Crippen LogP contribution is -2.46. The lowest BCUT2D eigenvalue weighted by Gasteiger charge is -2.34. The van der Waals surface area contributed by atoms with E-state index < -0.39 is 0 Å². The minimum absolute atomic E-state index is 0.382. The van der Waals surface area contributed by atoms with Crippen LogP contribution in [-0.4, -0.2) is 46.1 Å². The van der Waals surface area contributed by atoms with Crippen LogP contribution in [0.25, 0.3) is 5.69 Å². The molecule has 0 N–H and O–H groups in total. The Morgan fingerprint density at radius 2 is 1.74 bits per heavy atom. The van der Waals surface area contributed by atoms with Gasteiger partial charge in [-0.1, -0.05) is 42.5 Å². The van der Waals surface area contributed by atoms with E-state index in [1.807, 2.05) is 37.3 Å². The second-order valence-electron chi connectivity index (χ2n) is 6.86. The summed E-state index contributed by atoms with van der Waals surface area (Å²) in [6.45, 7) is 6.55. The van der Waals surface area contributed by atoms with Crippen molar-refractivity contribution in [2.24, 2.45) is 0 Å². The van der Waals surface area contributed by atoms with E-state index >= 15 is 0 Å². The van der Waals surface area contributed by atoms with Crippen LogP contribution in [0.15, 0.2) is 54.6 Å². The lowest BCUT2D eigenvalue weighted by molar-refractivity contribution is 0.249. The molecule has 0 amide bonds. The van der Waals surface area contributed by atoms with E-state index in [-0.39, 0.29) is 0 Å². The van der Waals surface area contributed by atoms with Crippen LogP contribution < -0.4 is 4.90 Å². The molecule has 3 aromatic rings. The predicted octanol–water partition coefficient (Wildman–Crippen LogP) is 2.77. The number of anilines is 1. The molecule has 1 aromatic heterocycles. The third-order valence-electron chi connectivity index (χ3n) is 4.86. The Bertz CT molecular complexity index is 948. The van der Waals surface area contributed by atoms with Crippen LogP contribution in [0, 0.1) is 18.3 Å². The Morgan fingerprint density at radius 1 is 0.963 bits per heavy atom. The van der Waals surface area contributed by atoms with E-state index in [0.29, 0.717) is 11.5 Å². The van der Waals surface area contributed by atoms with E-state index in [2.05, 4.69) is 50.3 Å². The number of hydrogen-bond acceptors (Lipinski definition) is 5. The summed E-state index contributed by atoms with van der Waals surface area (Å²) in [5, 5.41) is 18.5. The Balaban J connectivity index is 1.47. The van der Waals surface area contributed by atoms with Crippen LogP contribution in [0.4, 0.5) is 5.82 Å². The number of nitrogens with zero attached hydrogens (tertiary/aromatic N) is 6. The fraction of sp³-hybridized carbons (Fsp3) is 0.286. The summed E-state index contributed by atoms with van der Waals surface area (Å²) in [5.74, 6) is 0.679. The molecule has 4 rings (SSSR count). The van der Waals surface area contributed by atoms with Gasteiger partial charge in [0.25, 0.3) is 0 Å². The van der Waals surface area contributed by atoms with Crippen LogP contribution in [0.1, 0.15) is 16.8 Å². The molecule has 0 spiro atoms. The molecule has 0 atom stereocenters. The zero-order chi connectivity index (χ0) is 18.6. The largest absolute Gasteiger partial charge is 0.350 e. The van der Waals surface area contributed by atoms with Gasteiger partial charge in [0.15, 0.2) is 5.82 Å². The van der Waals surface area contributed by atoms with Crippen molar-refractivity contribution < 1.29 is 0 Å². The average Bonchev–Trinajstić information content (AvgIpc) is 3.14. The number of rotatable bonds is 4. The molecule has 27 heavy (non-hydrogen) atoms. The molecule has 0 bridgehead atoms. The number of aryl methyl sites for hydroxylation is 1. The second-order valence-corrected chi connectivity index (χ2v) is 6.86. The summed E-state index contributed by atoms with van der Waals surface area (Å²) >= 11 is 0. The second kappa shape index (κ2) is 7.60. The number of benzene rings is 2. The average molecular weight is 358 g/mol. The third kappa shape index (κ3) is 3.83. The van der Waals surface area contributed by atoms with Crippen LogP contribution in [0.3, 0.4) is 0 Å². The van der Waals surface area contributed by atoms with Crippen LogP contribution >= 0.6 is 0 Å². The number of piperazine rings is 1. The molecule has 6 nitrogen and oxygen atoms in total. The third-order valence-corrected chi connectivity index (χ3v) is 4.86.